The summed E-state index contributed by atoms with van der Waals surface area (Å²) in [7, 11) is 6.07. The predicted molar refractivity (Wildman–Crippen MR) is 481 cm³/mol. The van der Waals surface area contributed by atoms with Crippen LogP contribution in [0.25, 0.3) is 0 Å². The Morgan fingerprint density at radius 3 is 1.16 bits per heavy atom. The van der Waals surface area contributed by atoms with Gasteiger partial charge in [0.05, 0.1) is 86.9 Å². The van der Waals surface area contributed by atoms with Gasteiger partial charge in [-0.2, -0.15) is 10.1 Å². The minimum absolute atomic E-state index is 0. The number of alkyl halides is 4. The minimum Gasteiger partial charge on any atom is -1.00 e. The van der Waals surface area contributed by atoms with E-state index >= 15 is 0 Å². The number of rotatable bonds is 19. The van der Waals surface area contributed by atoms with Crippen LogP contribution in [0.3, 0.4) is 0 Å². The average Bonchev–Trinajstić information content (AvgIpc) is 0.854. The number of phenolic OH excluding ortho intramolecular Hbond substituents is 2. The second-order valence-corrected chi connectivity index (χ2v) is 39.1. The number of benzene rings is 11. The molecular weight excluding hydrogens is 2100 g/mol. The zero-order valence-electron chi connectivity index (χ0n) is 72.2. The van der Waals surface area contributed by atoms with Crippen LogP contribution >= 0.6 is 94.0 Å². The number of halogens is 13. The number of nitro groups is 2. The Morgan fingerprint density at radius 2 is 0.824 bits per heavy atom. The zero-order chi connectivity index (χ0) is 94.3. The van der Waals surface area contributed by atoms with Crippen molar-refractivity contribution < 1.29 is 255 Å². The van der Waals surface area contributed by atoms with Crippen LogP contribution in [0.2, 0.25) is 0 Å². The summed E-state index contributed by atoms with van der Waals surface area (Å²) in [6, 6.07) is 65.4. The van der Waals surface area contributed by atoms with Gasteiger partial charge >= 0.3 is 144 Å². The summed E-state index contributed by atoms with van der Waals surface area (Å²) in [6.07, 6.45) is 0.167. The fraction of sp³-hybridized carbons (Fsp3) is 0.179. The number of carbonyl (C=O) groups excluding carboxylic acids is 3. The first-order valence-electron chi connectivity index (χ1n) is 35.3. The Balaban J connectivity index is -0.000000254. The number of para-hydroxylation sites is 4. The van der Waals surface area contributed by atoms with Crippen molar-refractivity contribution >= 4 is 141 Å². The first-order valence-corrected chi connectivity index (χ1v) is 44.4. The number of aromatic hydroxyl groups is 2. The summed E-state index contributed by atoms with van der Waals surface area (Å²) in [5, 5.41) is 57.0. The number of phenols is 2. The molecule has 11 rings (SSSR count). The van der Waals surface area contributed by atoms with E-state index in [0.29, 0.717) is 74.7 Å². The van der Waals surface area contributed by atoms with Crippen molar-refractivity contribution in [2.45, 2.75) is 44.5 Å². The van der Waals surface area contributed by atoms with E-state index in [9.17, 15) is 65.7 Å². The molecule has 0 saturated heterocycles. The Labute approximate surface area is 885 Å². The van der Waals surface area contributed by atoms with Gasteiger partial charge in [0.25, 0.3) is 6.47 Å². The van der Waals surface area contributed by atoms with Crippen molar-refractivity contribution in [1.82, 2.24) is 0 Å². The molecule has 0 spiro atoms. The number of nitro benzene ring substituents is 2. The van der Waals surface area contributed by atoms with E-state index in [-0.39, 0.29) is 186 Å². The second-order valence-electron chi connectivity index (χ2n) is 21.5. The molecule has 11 aromatic carbocycles. The van der Waals surface area contributed by atoms with Gasteiger partial charge in [-0.15, -0.1) is 0 Å². The van der Waals surface area contributed by atoms with Gasteiger partial charge < -0.3 is 83.1 Å². The number of ether oxygens (including phenoxy) is 8. The molecule has 0 saturated carbocycles. The average molecular weight is 2190 g/mol. The monoisotopic (exact) mass is 2190 g/mol. The van der Waals surface area contributed by atoms with Crippen LogP contribution in [0.15, 0.2) is 249 Å². The van der Waals surface area contributed by atoms with E-state index in [1.165, 1.54) is 50.2 Å². The van der Waals surface area contributed by atoms with E-state index in [0.717, 1.165) is 69.0 Å². The Kier molecular flexibility index (Phi) is 82.6. The molecule has 664 valence electrons. The van der Waals surface area contributed by atoms with Gasteiger partial charge in [-0.3, -0.25) is 43.4 Å². The van der Waals surface area contributed by atoms with Crippen LogP contribution in [0.4, 0.5) is 47.8 Å². The van der Waals surface area contributed by atoms with Crippen LogP contribution in [0.5, 0.6) is 74.7 Å². The number of carbonyl (C=O) groups is 3. The normalized spacial score (nSPS) is 9.13. The SMILES string of the molecule is BrP(Br)Br.CC(=O)Cc1cc(F)ccc1Oc1ccccc1.CC(=O)Cl.CC[S-].COc1ccc(O)c(CBr)c1.COc1ccc(OC)c(CBr)c1.COc1ccc(OC)c(CO)c1.Nc1cc(F)ccc1Oc1ccccc1.O=CO[O-].O=[N+]([O-])c1cc(F)ccc1F.O=[N+]([O-])c1cc(F)ccc1Oc1ccccc1.Oc1ccccc1.[2H]CF.[2H]CF.[H-].[K+].[K+].[Na+]. The standard InChI is InChI=1S/C15H13FO2.C12H8FNO3.C12H10FNO.C9H11BrO2.C9H12O3.C8H9BrO2.C6H3F2NO2.C6H6O.C2H3ClO.C2H6S.2CH3F.CH2O3.Br3P.2K.Na.H/c1-11(17)9-12-10-13(16)7-8-15(12)18-14-5-3-2-4-6-14;13-9-6-7-12(11(8-9)14(15)16)17-10-4-2-1-3-5-10;13-9-6-7-12(11(14)8-9)15-10-4-2-1-3-5-10;2*1-11-8-3-4-9(12-2)7(5-8)6-10;1-11-7-2-3-8(10)6(4-7)5-9;7-4-1-2-5(8)6(3-4)9(10)11;7-6-4-2-1-3-5-6;1-2(3)4;1-2-3;2*1-2;2-1-4-3;1-4(2)3;;;;/h2-8,10H,9H2,1H3;1-8H;1-8H,14H2;3-5H,6H2,1-2H3;3-5,10H,6H2,1-2H3;2-4,10H,5H2,1H3;1-3H;1-5,7H;1H3;3H,2H2,1H3;2*1H3;1,3H;;;;;/q;;;;;;;;;;;;;;3*+1;-1/p-2/i;;;;;;;;;;2*1D;;;;;;. The van der Waals surface area contributed by atoms with Crippen molar-refractivity contribution in [2.75, 3.05) is 61.3 Å². The molecule has 0 aromatic heterocycles. The maximum absolute atomic E-state index is 13.2. The molecule has 0 bridgehead atoms. The molecular formula is C84H88Br5ClF7K2N3NaO20PS. The van der Waals surface area contributed by atoms with Gasteiger partial charge in [0.1, 0.15) is 96.3 Å². The maximum atomic E-state index is 13.2. The van der Waals surface area contributed by atoms with Crippen LogP contribution in [0.1, 0.15) is 47.2 Å². The van der Waals surface area contributed by atoms with Gasteiger partial charge in [-0.25, -0.2) is 17.6 Å². The van der Waals surface area contributed by atoms with Crippen molar-refractivity contribution in [3.05, 3.63) is 320 Å². The largest absolute Gasteiger partial charge is 1.00 e. The van der Waals surface area contributed by atoms with Crippen LogP contribution in [0, 0.1) is 49.3 Å². The van der Waals surface area contributed by atoms with Gasteiger partial charge in [-0.1, -0.05) is 112 Å². The molecule has 0 aliphatic carbocycles. The number of Topliss-reactive ketones (excluding diaryl/α,β-unsaturated/α-hetero) is 1. The molecule has 0 heterocycles. The second kappa shape index (κ2) is 82.4. The van der Waals surface area contributed by atoms with E-state index in [2.05, 4.69) is 107 Å². The number of hydrogen-bond donors (Lipinski definition) is 4. The Hall–Kier alpha value is -6.00. The molecule has 11 aromatic rings. The van der Waals surface area contributed by atoms with Crippen molar-refractivity contribution in [3.63, 3.8) is 0 Å². The first-order chi connectivity index (χ1) is 59.1. The van der Waals surface area contributed by atoms with Gasteiger partial charge in [0, 0.05) is 52.3 Å². The Bertz CT molecular complexity index is 4730. The first kappa shape index (κ1) is 125. The third-order valence-electron chi connectivity index (χ3n) is 13.1. The molecule has 0 aliphatic heterocycles. The quantitative estimate of drug-likeness (QED) is 0.00499. The molecule has 0 unspecified atom stereocenters. The fourth-order valence-corrected chi connectivity index (χ4v) is 8.96. The summed E-state index contributed by atoms with van der Waals surface area (Å²) in [5.41, 5.74) is 7.88. The summed E-state index contributed by atoms with van der Waals surface area (Å²) < 4.78 is 136. The summed E-state index contributed by atoms with van der Waals surface area (Å²) in [6.45, 7) is 4.48. The molecule has 23 nitrogen and oxygen atoms in total. The van der Waals surface area contributed by atoms with E-state index in [4.69, 9.17) is 66.6 Å². The Morgan fingerprint density at radius 1 is 0.512 bits per heavy atom. The molecule has 0 aliphatic rings. The molecule has 0 radical (unpaired) electrons. The van der Waals surface area contributed by atoms with E-state index in [1.54, 1.807) is 145 Å². The number of nitrogens with zero attached hydrogens (tertiary/aromatic N) is 2. The van der Waals surface area contributed by atoms with Gasteiger partial charge in [0.2, 0.25) is 16.8 Å². The van der Waals surface area contributed by atoms with Crippen LogP contribution < -0.4 is 181 Å². The number of aliphatic hydroxyl groups excluding tert-OH is 1. The molecule has 5 N–H and O–H groups in total. The summed E-state index contributed by atoms with van der Waals surface area (Å²) >= 11 is 25.2. The molecule has 0 fully saturated rings. The number of anilines is 1. The number of hydrogen-bond acceptors (Lipinski definition) is 22. The van der Waals surface area contributed by atoms with Crippen LogP contribution in [-0.2, 0) is 55.6 Å². The molecule has 125 heavy (non-hydrogen) atoms. The molecule has 41 heteroatoms. The number of nitrogens with two attached hydrogens (primary N) is 1. The van der Waals surface area contributed by atoms with Crippen molar-refractivity contribution in [3.8, 4) is 74.7 Å². The van der Waals surface area contributed by atoms with E-state index in [1.807, 2.05) is 79.7 Å². The van der Waals surface area contributed by atoms with Gasteiger partial charge in [-0.05, 0) is 223 Å². The van der Waals surface area contributed by atoms with Gasteiger partial charge in [0.15, 0.2) is 5.75 Å². The number of nitrogen functional groups attached to an aromatic ring is 1. The summed E-state index contributed by atoms with van der Waals surface area (Å²) in [5.74, 6) is 4.85. The molecule has 0 atom stereocenters. The predicted octanol–water partition coefficient (Wildman–Crippen LogP) is 15.3. The smallest absolute Gasteiger partial charge is 1.00 e. The topological polar surface area (TPSA) is 330 Å². The van der Waals surface area contributed by atoms with E-state index < -0.39 is 53.0 Å². The van der Waals surface area contributed by atoms with Crippen molar-refractivity contribution in [1.29, 1.82) is 0 Å². The maximum Gasteiger partial charge on any atom is 1.00 e. The summed E-state index contributed by atoms with van der Waals surface area (Å²) in [4.78, 5) is 50.7. The third-order valence-corrected chi connectivity index (χ3v) is 14.3. The number of ketones is 1. The van der Waals surface area contributed by atoms with Crippen LogP contribution in [-0.4, -0.2) is 98.3 Å². The number of aliphatic hydroxyl groups is 1. The fourth-order valence-electron chi connectivity index (χ4n) is 8.07. The van der Waals surface area contributed by atoms with Crippen molar-refractivity contribution in [2.24, 2.45) is 0 Å². The minimum atomic E-state index is -1.03. The third kappa shape index (κ3) is 63.6. The number of methoxy groups -OCH3 is 5. The zero-order valence-corrected chi connectivity index (χ0v) is 87.9. The molecule has 0 amide bonds.